The monoisotopic (exact) mass is 323 g/mol. The molecule has 0 amide bonds. The highest BCUT2D eigenvalue weighted by Crippen LogP contribution is 2.33. The van der Waals surface area contributed by atoms with Gasteiger partial charge in [0.2, 0.25) is 5.82 Å². The third kappa shape index (κ3) is 2.42. The Morgan fingerprint density at radius 3 is 1.95 bits per heavy atom. The van der Waals surface area contributed by atoms with Crippen LogP contribution >= 0.6 is 11.6 Å². The summed E-state index contributed by atoms with van der Waals surface area (Å²) in [5, 5.41) is 8.74. The summed E-state index contributed by atoms with van der Waals surface area (Å²) in [7, 11) is 0. The van der Waals surface area contributed by atoms with E-state index in [0.717, 1.165) is 12.3 Å². The molecule has 1 N–H and O–H groups in total. The highest BCUT2D eigenvalue weighted by atomic mass is 35.5. The van der Waals surface area contributed by atoms with Gasteiger partial charge >= 0.3 is 5.97 Å². The van der Waals surface area contributed by atoms with Crippen LogP contribution in [0.3, 0.4) is 0 Å². The third-order valence-electron chi connectivity index (χ3n) is 2.53. The molecule has 0 saturated heterocycles. The predicted molar refractivity (Wildman–Crippen MR) is 61.4 cm³/mol. The molecule has 21 heavy (non-hydrogen) atoms. The number of pyridine rings is 1. The quantitative estimate of drug-likeness (QED) is 0.519. The smallest absolute Gasteiger partial charge is 0.337 e. The number of carbonyl (C=O) groups is 1. The summed E-state index contributed by atoms with van der Waals surface area (Å²) < 4.78 is 66.5. The number of nitrogens with zero attached hydrogens (tertiary/aromatic N) is 1. The van der Waals surface area contributed by atoms with Gasteiger partial charge in [0, 0.05) is 6.20 Å². The number of hydrogen-bond acceptors (Lipinski definition) is 2. The van der Waals surface area contributed by atoms with E-state index in [1.54, 1.807) is 0 Å². The maximum Gasteiger partial charge on any atom is 0.337 e. The summed E-state index contributed by atoms with van der Waals surface area (Å²) in [6.07, 6.45) is 0.821. The third-order valence-corrected chi connectivity index (χ3v) is 2.74. The molecule has 110 valence electrons. The van der Waals surface area contributed by atoms with Crippen LogP contribution in [-0.2, 0) is 0 Å². The number of carboxylic acid groups (broad SMARTS) is 1. The lowest BCUT2D eigenvalue weighted by molar-refractivity contribution is 0.0697. The van der Waals surface area contributed by atoms with E-state index < -0.39 is 51.9 Å². The number of aromatic carboxylic acids is 1. The second-order valence-electron chi connectivity index (χ2n) is 3.80. The molecule has 9 heteroatoms. The standard InChI is InChI=1S/C12H3ClF5NO2/c13-3-1-4(12(20)21)11(19-2-3)5-6(14)8(16)10(18)9(17)7(5)15/h1-2H,(H,20,21). The van der Waals surface area contributed by atoms with E-state index in [1.165, 1.54) is 0 Å². The minimum absolute atomic E-state index is 0.181. The first-order chi connectivity index (χ1) is 9.75. The van der Waals surface area contributed by atoms with Crippen molar-refractivity contribution in [2.75, 3.05) is 0 Å². The van der Waals surface area contributed by atoms with Crippen molar-refractivity contribution in [1.29, 1.82) is 0 Å². The molecular weight excluding hydrogens is 321 g/mol. The van der Waals surface area contributed by atoms with Crippen molar-refractivity contribution in [2.45, 2.75) is 0 Å². The fourth-order valence-corrected chi connectivity index (χ4v) is 1.77. The molecule has 0 saturated carbocycles. The minimum Gasteiger partial charge on any atom is -0.478 e. The van der Waals surface area contributed by atoms with Crippen molar-refractivity contribution in [3.05, 3.63) is 51.9 Å². The van der Waals surface area contributed by atoms with Crippen LogP contribution in [0.2, 0.25) is 5.02 Å². The average molecular weight is 324 g/mol. The summed E-state index contributed by atoms with van der Waals surface area (Å²) in [5.41, 5.74) is -3.15. The molecule has 0 fully saturated rings. The molecule has 0 atom stereocenters. The molecule has 1 heterocycles. The van der Waals surface area contributed by atoms with E-state index in [9.17, 15) is 26.7 Å². The van der Waals surface area contributed by atoms with Gasteiger partial charge in [0.1, 0.15) is 0 Å². The molecule has 3 nitrogen and oxygen atoms in total. The Morgan fingerprint density at radius 2 is 1.48 bits per heavy atom. The average Bonchev–Trinajstić information content (AvgIpc) is 2.44. The Morgan fingerprint density at radius 1 is 1.00 bits per heavy atom. The molecule has 1 aromatic carbocycles. The van der Waals surface area contributed by atoms with Gasteiger partial charge in [0.15, 0.2) is 23.3 Å². The van der Waals surface area contributed by atoms with Gasteiger partial charge in [-0.15, -0.1) is 0 Å². The predicted octanol–water partition coefficient (Wildman–Crippen LogP) is 3.80. The van der Waals surface area contributed by atoms with Crippen molar-refractivity contribution < 1.29 is 31.9 Å². The molecule has 0 aliphatic heterocycles. The second-order valence-corrected chi connectivity index (χ2v) is 4.24. The number of hydrogen-bond donors (Lipinski definition) is 1. The van der Waals surface area contributed by atoms with Crippen molar-refractivity contribution in [3.8, 4) is 11.3 Å². The zero-order valence-corrected chi connectivity index (χ0v) is 10.5. The maximum absolute atomic E-state index is 13.6. The van der Waals surface area contributed by atoms with E-state index in [0.29, 0.717) is 0 Å². The zero-order valence-electron chi connectivity index (χ0n) is 9.73. The minimum atomic E-state index is -2.35. The first-order valence-corrected chi connectivity index (χ1v) is 5.54. The van der Waals surface area contributed by atoms with Crippen LogP contribution in [-0.4, -0.2) is 16.1 Å². The first-order valence-electron chi connectivity index (χ1n) is 5.16. The Balaban J connectivity index is 2.89. The van der Waals surface area contributed by atoms with Crippen LogP contribution < -0.4 is 0 Å². The topological polar surface area (TPSA) is 50.2 Å². The van der Waals surface area contributed by atoms with Crippen molar-refractivity contribution in [3.63, 3.8) is 0 Å². The zero-order chi connectivity index (χ0) is 15.9. The highest BCUT2D eigenvalue weighted by Gasteiger charge is 2.29. The van der Waals surface area contributed by atoms with Gasteiger partial charge < -0.3 is 5.11 Å². The first kappa shape index (κ1) is 15.2. The normalized spacial score (nSPS) is 10.8. The van der Waals surface area contributed by atoms with Gasteiger partial charge in [-0.05, 0) is 6.07 Å². The lowest BCUT2D eigenvalue weighted by Gasteiger charge is -2.10. The van der Waals surface area contributed by atoms with E-state index in [-0.39, 0.29) is 5.02 Å². The van der Waals surface area contributed by atoms with Crippen molar-refractivity contribution in [2.24, 2.45) is 0 Å². The fraction of sp³-hybridized carbons (Fsp3) is 0. The van der Waals surface area contributed by atoms with Gasteiger partial charge in [0.05, 0.1) is 21.8 Å². The Kier molecular flexibility index (Phi) is 3.82. The van der Waals surface area contributed by atoms with Crippen LogP contribution in [0.25, 0.3) is 11.3 Å². The molecule has 0 bridgehead atoms. The van der Waals surface area contributed by atoms with Gasteiger partial charge in [-0.3, -0.25) is 4.98 Å². The largest absolute Gasteiger partial charge is 0.478 e. The van der Waals surface area contributed by atoms with Gasteiger partial charge in [0.25, 0.3) is 0 Å². The molecular formula is C12H3ClF5NO2. The Bertz CT molecular complexity index is 737. The van der Waals surface area contributed by atoms with E-state index in [2.05, 4.69) is 4.98 Å². The van der Waals surface area contributed by atoms with Crippen LogP contribution in [0.1, 0.15) is 10.4 Å². The molecule has 0 unspecified atom stereocenters. The summed E-state index contributed by atoms with van der Waals surface area (Å²) in [5.74, 6) is -12.8. The molecule has 0 aliphatic carbocycles. The second kappa shape index (κ2) is 5.28. The number of halogens is 6. The van der Waals surface area contributed by atoms with Crippen molar-refractivity contribution in [1.82, 2.24) is 4.98 Å². The van der Waals surface area contributed by atoms with Crippen LogP contribution in [0.15, 0.2) is 12.3 Å². The molecule has 0 spiro atoms. The maximum atomic E-state index is 13.6. The van der Waals surface area contributed by atoms with Crippen LogP contribution in [0.5, 0.6) is 0 Å². The van der Waals surface area contributed by atoms with Gasteiger partial charge in [-0.25, -0.2) is 26.7 Å². The van der Waals surface area contributed by atoms with Crippen molar-refractivity contribution >= 4 is 17.6 Å². The SMILES string of the molecule is O=C(O)c1cc(Cl)cnc1-c1c(F)c(F)c(F)c(F)c1F. The molecule has 1 aromatic heterocycles. The van der Waals surface area contributed by atoms with Crippen LogP contribution in [0, 0.1) is 29.1 Å². The molecule has 2 aromatic rings. The lowest BCUT2D eigenvalue weighted by Crippen LogP contribution is -2.09. The fourth-order valence-electron chi connectivity index (χ4n) is 1.61. The number of aromatic nitrogens is 1. The number of rotatable bonds is 2. The van der Waals surface area contributed by atoms with E-state index in [1.807, 2.05) is 0 Å². The number of benzene rings is 1. The van der Waals surface area contributed by atoms with Gasteiger partial charge in [-0.1, -0.05) is 11.6 Å². The van der Waals surface area contributed by atoms with E-state index >= 15 is 0 Å². The number of carboxylic acids is 1. The summed E-state index contributed by atoms with van der Waals surface area (Å²) in [6.45, 7) is 0. The molecule has 0 aliphatic rings. The Labute approximate surface area is 118 Å². The Hall–Kier alpha value is -2.22. The molecule has 2 rings (SSSR count). The summed E-state index contributed by atoms with van der Waals surface area (Å²) in [6, 6.07) is 0.782. The van der Waals surface area contributed by atoms with Gasteiger partial charge in [-0.2, -0.15) is 0 Å². The molecule has 0 radical (unpaired) electrons. The lowest BCUT2D eigenvalue weighted by atomic mass is 10.0. The van der Waals surface area contributed by atoms with E-state index in [4.69, 9.17) is 16.7 Å². The summed E-state index contributed by atoms with van der Waals surface area (Å²) >= 11 is 5.49. The summed E-state index contributed by atoms with van der Waals surface area (Å²) in [4.78, 5) is 14.4. The highest BCUT2D eigenvalue weighted by molar-refractivity contribution is 6.30. The van der Waals surface area contributed by atoms with Crippen LogP contribution in [0.4, 0.5) is 22.0 Å².